The zero-order valence-electron chi connectivity index (χ0n) is 10.9. The summed E-state index contributed by atoms with van der Waals surface area (Å²) in [4.78, 5) is 0.341. The molecule has 1 atom stereocenters. The molecule has 0 N–H and O–H groups in total. The van der Waals surface area contributed by atoms with E-state index < -0.39 is 0 Å². The number of benzene rings is 1. The van der Waals surface area contributed by atoms with E-state index in [0.29, 0.717) is 9.85 Å². The van der Waals surface area contributed by atoms with Crippen molar-refractivity contribution in [2.75, 3.05) is 0 Å². The Labute approximate surface area is 129 Å². The normalized spacial score (nSPS) is 12.7. The van der Waals surface area contributed by atoms with E-state index in [2.05, 4.69) is 22.9 Å². The Hall–Kier alpha value is 0.280. The van der Waals surface area contributed by atoms with Crippen LogP contribution in [0.2, 0.25) is 10.0 Å². The zero-order chi connectivity index (χ0) is 13.4. The highest BCUT2D eigenvalue weighted by Gasteiger charge is 2.11. The third-order valence-electron chi connectivity index (χ3n) is 3.11. The lowest BCUT2D eigenvalue weighted by Gasteiger charge is -2.12. The van der Waals surface area contributed by atoms with E-state index in [-0.39, 0.29) is 0 Å². The van der Waals surface area contributed by atoms with Gasteiger partial charge in [-0.05, 0) is 24.1 Å². The smallest absolute Gasteiger partial charge is 0.0464 e. The van der Waals surface area contributed by atoms with Crippen molar-refractivity contribution in [3.8, 4) is 0 Å². The quantitative estimate of drug-likeness (QED) is 0.343. The fourth-order valence-corrected chi connectivity index (χ4v) is 3.41. The summed E-state index contributed by atoms with van der Waals surface area (Å²) in [6.45, 7) is 2.25. The lowest BCUT2D eigenvalue weighted by atomic mass is 10.0. The lowest BCUT2D eigenvalue weighted by molar-refractivity contribution is 0.588. The average molecular weight is 352 g/mol. The fraction of sp³-hybridized carbons (Fsp3) is 0.600. The zero-order valence-corrected chi connectivity index (χ0v) is 14.0. The Morgan fingerprint density at radius 1 is 1.06 bits per heavy atom. The van der Waals surface area contributed by atoms with Gasteiger partial charge in [0.1, 0.15) is 0 Å². The van der Waals surface area contributed by atoms with Gasteiger partial charge in [-0.2, -0.15) is 0 Å². The minimum absolute atomic E-state index is 0.341. The van der Waals surface area contributed by atoms with E-state index in [0.717, 1.165) is 17.0 Å². The number of rotatable bonds is 8. The molecule has 0 amide bonds. The molecular formula is C15H21BrCl2. The van der Waals surface area contributed by atoms with Crippen molar-refractivity contribution in [3.05, 3.63) is 33.8 Å². The predicted molar refractivity (Wildman–Crippen MR) is 86.1 cm³/mol. The Morgan fingerprint density at radius 2 is 1.72 bits per heavy atom. The summed E-state index contributed by atoms with van der Waals surface area (Å²) in [5.41, 5.74) is 1.15. The minimum Gasteiger partial charge on any atom is -0.0843 e. The van der Waals surface area contributed by atoms with Gasteiger partial charge >= 0.3 is 0 Å². The van der Waals surface area contributed by atoms with Gasteiger partial charge in [0, 0.05) is 14.9 Å². The molecule has 0 heterocycles. The number of halogens is 3. The van der Waals surface area contributed by atoms with Crippen LogP contribution in [0, 0.1) is 0 Å². The molecule has 0 spiro atoms. The predicted octanol–water partition coefficient (Wildman–Crippen LogP) is 7.18. The Morgan fingerprint density at radius 3 is 2.39 bits per heavy atom. The number of alkyl halides is 1. The number of unbranched alkanes of at least 4 members (excludes halogenated alkanes) is 5. The molecule has 0 bridgehead atoms. The van der Waals surface area contributed by atoms with Gasteiger partial charge < -0.3 is 0 Å². The van der Waals surface area contributed by atoms with Crippen LogP contribution in [0.25, 0.3) is 0 Å². The molecule has 1 rings (SSSR count). The van der Waals surface area contributed by atoms with Crippen LogP contribution < -0.4 is 0 Å². The molecule has 102 valence electrons. The summed E-state index contributed by atoms with van der Waals surface area (Å²) in [5.74, 6) is 0. The Bertz CT molecular complexity index is 352. The molecule has 0 saturated heterocycles. The van der Waals surface area contributed by atoms with Crippen LogP contribution in [-0.4, -0.2) is 0 Å². The Balaban J connectivity index is 2.29. The first-order chi connectivity index (χ1) is 8.65. The van der Waals surface area contributed by atoms with E-state index in [9.17, 15) is 0 Å². The summed E-state index contributed by atoms with van der Waals surface area (Å²) in [6.07, 6.45) is 9.08. The molecule has 0 nitrogen and oxygen atoms in total. The molecule has 0 aromatic heterocycles. The van der Waals surface area contributed by atoms with Crippen molar-refractivity contribution in [1.82, 2.24) is 0 Å². The van der Waals surface area contributed by atoms with Gasteiger partial charge in [0.05, 0.1) is 0 Å². The second-order valence-corrected chi connectivity index (χ2v) is 6.64. The standard InChI is InChI=1S/C15H21BrCl2/c1-2-3-4-5-6-7-8-14(16)13-10-9-12(17)11-15(13)18/h9-11,14H,2-8H2,1H3. The van der Waals surface area contributed by atoms with Gasteiger partial charge in [-0.25, -0.2) is 0 Å². The third kappa shape index (κ3) is 5.95. The highest BCUT2D eigenvalue weighted by Crippen LogP contribution is 2.34. The molecule has 18 heavy (non-hydrogen) atoms. The third-order valence-corrected chi connectivity index (χ3v) is 4.62. The fourth-order valence-electron chi connectivity index (χ4n) is 2.01. The largest absolute Gasteiger partial charge is 0.0843 e. The van der Waals surface area contributed by atoms with Crippen LogP contribution in [0.15, 0.2) is 18.2 Å². The van der Waals surface area contributed by atoms with E-state index in [1.165, 1.54) is 38.5 Å². The summed E-state index contributed by atoms with van der Waals surface area (Å²) in [5, 5.41) is 1.46. The van der Waals surface area contributed by atoms with Crippen molar-refractivity contribution in [3.63, 3.8) is 0 Å². The highest BCUT2D eigenvalue weighted by atomic mass is 79.9. The topological polar surface area (TPSA) is 0 Å². The molecule has 0 aliphatic rings. The second kappa shape index (κ2) is 9.23. The molecule has 3 heteroatoms. The van der Waals surface area contributed by atoms with Crippen LogP contribution in [-0.2, 0) is 0 Å². The summed E-state index contributed by atoms with van der Waals surface area (Å²) in [6, 6.07) is 5.73. The molecule has 0 aliphatic carbocycles. The number of hydrogen-bond donors (Lipinski definition) is 0. The SMILES string of the molecule is CCCCCCCCC(Br)c1ccc(Cl)cc1Cl. The van der Waals surface area contributed by atoms with Gasteiger partial charge in [0.25, 0.3) is 0 Å². The maximum absolute atomic E-state index is 6.19. The van der Waals surface area contributed by atoms with Crippen LogP contribution >= 0.6 is 39.1 Å². The van der Waals surface area contributed by atoms with Crippen molar-refractivity contribution in [2.45, 2.75) is 56.7 Å². The van der Waals surface area contributed by atoms with Crippen LogP contribution in [0.5, 0.6) is 0 Å². The summed E-state index contributed by atoms with van der Waals surface area (Å²) in [7, 11) is 0. The van der Waals surface area contributed by atoms with E-state index in [1.54, 1.807) is 0 Å². The lowest BCUT2D eigenvalue weighted by Crippen LogP contribution is -1.92. The van der Waals surface area contributed by atoms with Crippen molar-refractivity contribution < 1.29 is 0 Å². The summed E-state index contributed by atoms with van der Waals surface area (Å²) < 4.78 is 0. The van der Waals surface area contributed by atoms with Crippen molar-refractivity contribution in [1.29, 1.82) is 0 Å². The van der Waals surface area contributed by atoms with E-state index >= 15 is 0 Å². The minimum atomic E-state index is 0.341. The molecule has 0 saturated carbocycles. The van der Waals surface area contributed by atoms with Gasteiger partial charge in [-0.1, -0.05) is 90.6 Å². The maximum Gasteiger partial charge on any atom is 0.0464 e. The molecule has 1 aromatic rings. The first-order valence-corrected chi connectivity index (χ1v) is 8.41. The van der Waals surface area contributed by atoms with Gasteiger partial charge in [0.15, 0.2) is 0 Å². The first kappa shape index (κ1) is 16.3. The van der Waals surface area contributed by atoms with Crippen molar-refractivity contribution in [2.24, 2.45) is 0 Å². The van der Waals surface area contributed by atoms with Gasteiger partial charge in [0.2, 0.25) is 0 Å². The highest BCUT2D eigenvalue weighted by molar-refractivity contribution is 9.09. The Kier molecular flexibility index (Phi) is 8.37. The molecule has 1 unspecified atom stereocenters. The average Bonchev–Trinajstić information content (AvgIpc) is 2.33. The van der Waals surface area contributed by atoms with Crippen LogP contribution in [0.4, 0.5) is 0 Å². The summed E-state index contributed by atoms with van der Waals surface area (Å²) >= 11 is 15.8. The van der Waals surface area contributed by atoms with Gasteiger partial charge in [-0.3, -0.25) is 0 Å². The second-order valence-electron chi connectivity index (χ2n) is 4.69. The molecule has 0 fully saturated rings. The monoisotopic (exact) mass is 350 g/mol. The van der Waals surface area contributed by atoms with Crippen molar-refractivity contribution >= 4 is 39.1 Å². The molecule has 0 radical (unpaired) electrons. The molecule has 1 aromatic carbocycles. The molecule has 0 aliphatic heterocycles. The van der Waals surface area contributed by atoms with E-state index in [1.807, 2.05) is 18.2 Å². The van der Waals surface area contributed by atoms with Gasteiger partial charge in [-0.15, -0.1) is 0 Å². The number of hydrogen-bond acceptors (Lipinski definition) is 0. The van der Waals surface area contributed by atoms with Crippen LogP contribution in [0.1, 0.15) is 62.3 Å². The molecular weight excluding hydrogens is 331 g/mol. The maximum atomic E-state index is 6.19. The first-order valence-electron chi connectivity index (χ1n) is 6.74. The van der Waals surface area contributed by atoms with E-state index in [4.69, 9.17) is 23.2 Å². The van der Waals surface area contributed by atoms with Crippen LogP contribution in [0.3, 0.4) is 0 Å².